The zero-order valence-electron chi connectivity index (χ0n) is 11.2. The third kappa shape index (κ3) is 4.24. The Bertz CT molecular complexity index is 460. The highest BCUT2D eigenvalue weighted by Crippen LogP contribution is 2.22. The predicted octanol–water partition coefficient (Wildman–Crippen LogP) is 2.56. The first-order chi connectivity index (χ1) is 9.10. The average Bonchev–Trinajstić information content (AvgIpc) is 2.39. The molecule has 0 spiro atoms. The molecule has 0 aromatic heterocycles. The van der Waals surface area contributed by atoms with Gasteiger partial charge in [0, 0.05) is 30.9 Å². The summed E-state index contributed by atoms with van der Waals surface area (Å²) in [7, 11) is 0. The molecule has 1 aromatic carbocycles. The molecule has 6 nitrogen and oxygen atoms in total. The molecule has 0 saturated carbocycles. The van der Waals surface area contributed by atoms with Crippen molar-refractivity contribution in [3.63, 3.8) is 0 Å². The number of carbonyl (C=O) groups is 1. The van der Waals surface area contributed by atoms with Crippen LogP contribution in [0.4, 0.5) is 11.4 Å². The lowest BCUT2D eigenvalue weighted by molar-refractivity contribution is -0.384. The molecule has 1 amide bonds. The van der Waals surface area contributed by atoms with Gasteiger partial charge in [0.25, 0.3) is 11.6 Å². The van der Waals surface area contributed by atoms with E-state index in [9.17, 15) is 14.9 Å². The number of non-ortho nitro benzene ring substituents is 1. The number of benzene rings is 1. The van der Waals surface area contributed by atoms with Crippen LogP contribution in [0.25, 0.3) is 0 Å². The molecule has 0 heterocycles. The molecular formula is C13H19N3O3. The van der Waals surface area contributed by atoms with Gasteiger partial charge >= 0.3 is 0 Å². The normalized spacial score (nSPS) is 10.0. The van der Waals surface area contributed by atoms with Gasteiger partial charge in [0.05, 0.1) is 10.5 Å². The molecule has 0 atom stereocenters. The second-order valence-corrected chi connectivity index (χ2v) is 4.13. The number of hydrogen-bond acceptors (Lipinski definition) is 4. The molecule has 0 unspecified atom stereocenters. The van der Waals surface area contributed by atoms with Crippen molar-refractivity contribution in [3.05, 3.63) is 33.9 Å². The van der Waals surface area contributed by atoms with Crippen molar-refractivity contribution in [2.24, 2.45) is 0 Å². The van der Waals surface area contributed by atoms with Crippen LogP contribution in [0.3, 0.4) is 0 Å². The molecule has 0 bridgehead atoms. The zero-order chi connectivity index (χ0) is 14.3. The predicted molar refractivity (Wildman–Crippen MR) is 74.5 cm³/mol. The Labute approximate surface area is 112 Å². The quantitative estimate of drug-likeness (QED) is 0.451. The van der Waals surface area contributed by atoms with E-state index in [1.807, 2.05) is 13.8 Å². The lowest BCUT2D eigenvalue weighted by atomic mass is 10.1. The Morgan fingerprint density at radius 3 is 2.68 bits per heavy atom. The lowest BCUT2D eigenvalue weighted by Gasteiger charge is -2.10. The molecular weight excluding hydrogens is 246 g/mol. The molecule has 0 aliphatic carbocycles. The number of nitrogens with one attached hydrogen (secondary N) is 2. The van der Waals surface area contributed by atoms with Gasteiger partial charge in [-0.25, -0.2) is 0 Å². The maximum atomic E-state index is 12.0. The van der Waals surface area contributed by atoms with Crippen molar-refractivity contribution in [2.45, 2.75) is 26.7 Å². The topological polar surface area (TPSA) is 84.3 Å². The fourth-order valence-electron chi connectivity index (χ4n) is 1.65. The maximum absolute atomic E-state index is 12.0. The maximum Gasteiger partial charge on any atom is 0.270 e. The smallest absolute Gasteiger partial charge is 0.270 e. The number of rotatable bonds is 7. The standard InChI is InChI=1S/C13H19N3O3/c1-3-5-8-15-13(17)11-9-10(16(18)19)6-7-12(11)14-4-2/h6-7,9,14H,3-5,8H2,1-2H3,(H,15,17). The third-order valence-corrected chi connectivity index (χ3v) is 2.64. The van der Waals surface area contributed by atoms with Gasteiger partial charge < -0.3 is 10.6 Å². The van der Waals surface area contributed by atoms with Crippen molar-refractivity contribution in [1.82, 2.24) is 5.32 Å². The van der Waals surface area contributed by atoms with Crippen LogP contribution in [0.15, 0.2) is 18.2 Å². The highest BCUT2D eigenvalue weighted by Gasteiger charge is 2.16. The summed E-state index contributed by atoms with van der Waals surface area (Å²) < 4.78 is 0. The Hall–Kier alpha value is -2.11. The Balaban J connectivity index is 2.95. The molecule has 6 heteroatoms. The molecule has 0 radical (unpaired) electrons. The van der Waals surface area contributed by atoms with Crippen molar-refractivity contribution in [2.75, 3.05) is 18.4 Å². The van der Waals surface area contributed by atoms with Gasteiger partial charge in [0.1, 0.15) is 0 Å². The average molecular weight is 265 g/mol. The Morgan fingerprint density at radius 1 is 1.37 bits per heavy atom. The summed E-state index contributed by atoms with van der Waals surface area (Å²) >= 11 is 0. The molecule has 0 aliphatic rings. The van der Waals surface area contributed by atoms with E-state index in [1.54, 1.807) is 6.07 Å². The zero-order valence-corrected chi connectivity index (χ0v) is 11.2. The minimum atomic E-state index is -0.501. The van der Waals surface area contributed by atoms with E-state index in [0.29, 0.717) is 24.3 Å². The van der Waals surface area contributed by atoms with E-state index in [0.717, 1.165) is 12.8 Å². The molecule has 2 N–H and O–H groups in total. The van der Waals surface area contributed by atoms with E-state index in [2.05, 4.69) is 10.6 Å². The minimum Gasteiger partial charge on any atom is -0.385 e. The van der Waals surface area contributed by atoms with Gasteiger partial charge in [0.2, 0.25) is 0 Å². The van der Waals surface area contributed by atoms with Gasteiger partial charge in [-0.05, 0) is 19.4 Å². The fraction of sp³-hybridized carbons (Fsp3) is 0.462. The number of amides is 1. The van der Waals surface area contributed by atoms with Crippen LogP contribution in [0.5, 0.6) is 0 Å². The van der Waals surface area contributed by atoms with E-state index in [-0.39, 0.29) is 11.6 Å². The molecule has 1 aromatic rings. The number of carbonyl (C=O) groups excluding carboxylic acids is 1. The Kier molecular flexibility index (Phi) is 5.78. The first-order valence-electron chi connectivity index (χ1n) is 6.40. The summed E-state index contributed by atoms with van der Waals surface area (Å²) in [6.07, 6.45) is 1.87. The van der Waals surface area contributed by atoms with Crippen molar-refractivity contribution >= 4 is 17.3 Å². The van der Waals surface area contributed by atoms with Crippen LogP contribution >= 0.6 is 0 Å². The number of anilines is 1. The van der Waals surface area contributed by atoms with Gasteiger partial charge in [-0.15, -0.1) is 0 Å². The lowest BCUT2D eigenvalue weighted by Crippen LogP contribution is -2.25. The van der Waals surface area contributed by atoms with Gasteiger partial charge in [0.15, 0.2) is 0 Å². The molecule has 0 saturated heterocycles. The van der Waals surface area contributed by atoms with Crippen molar-refractivity contribution < 1.29 is 9.72 Å². The van der Waals surface area contributed by atoms with Gasteiger partial charge in [-0.1, -0.05) is 13.3 Å². The summed E-state index contributed by atoms with van der Waals surface area (Å²) in [4.78, 5) is 22.3. The van der Waals surface area contributed by atoms with Gasteiger partial charge in [-0.2, -0.15) is 0 Å². The fourth-order valence-corrected chi connectivity index (χ4v) is 1.65. The van der Waals surface area contributed by atoms with E-state index >= 15 is 0 Å². The van der Waals surface area contributed by atoms with E-state index < -0.39 is 4.92 Å². The number of unbranched alkanes of at least 4 members (excludes halogenated alkanes) is 1. The molecule has 1 rings (SSSR count). The van der Waals surface area contributed by atoms with E-state index in [4.69, 9.17) is 0 Å². The van der Waals surface area contributed by atoms with Gasteiger partial charge in [-0.3, -0.25) is 14.9 Å². The van der Waals surface area contributed by atoms with Crippen LogP contribution in [-0.2, 0) is 0 Å². The summed E-state index contributed by atoms with van der Waals surface area (Å²) in [6, 6.07) is 4.26. The minimum absolute atomic E-state index is 0.0812. The van der Waals surface area contributed by atoms with E-state index in [1.165, 1.54) is 12.1 Å². The molecule has 0 fully saturated rings. The second-order valence-electron chi connectivity index (χ2n) is 4.13. The Morgan fingerprint density at radius 2 is 2.11 bits per heavy atom. The van der Waals surface area contributed by atoms with Crippen LogP contribution in [-0.4, -0.2) is 23.9 Å². The van der Waals surface area contributed by atoms with Crippen LogP contribution in [0.2, 0.25) is 0 Å². The van der Waals surface area contributed by atoms with Crippen LogP contribution in [0.1, 0.15) is 37.0 Å². The molecule has 19 heavy (non-hydrogen) atoms. The first-order valence-corrected chi connectivity index (χ1v) is 6.40. The number of nitro benzene ring substituents is 1. The third-order valence-electron chi connectivity index (χ3n) is 2.64. The summed E-state index contributed by atoms with van der Waals surface area (Å²) in [5.74, 6) is -0.284. The van der Waals surface area contributed by atoms with Crippen LogP contribution < -0.4 is 10.6 Å². The number of hydrogen-bond donors (Lipinski definition) is 2. The van der Waals surface area contributed by atoms with Crippen molar-refractivity contribution in [3.8, 4) is 0 Å². The number of nitrogens with zero attached hydrogens (tertiary/aromatic N) is 1. The highest BCUT2D eigenvalue weighted by atomic mass is 16.6. The second kappa shape index (κ2) is 7.35. The largest absolute Gasteiger partial charge is 0.385 e. The highest BCUT2D eigenvalue weighted by molar-refractivity contribution is 6.00. The van der Waals surface area contributed by atoms with Crippen molar-refractivity contribution in [1.29, 1.82) is 0 Å². The molecule has 104 valence electrons. The summed E-state index contributed by atoms with van der Waals surface area (Å²) in [5.41, 5.74) is 0.844. The molecule has 0 aliphatic heterocycles. The number of nitro groups is 1. The van der Waals surface area contributed by atoms with Crippen LogP contribution in [0, 0.1) is 10.1 Å². The SMILES string of the molecule is CCCCNC(=O)c1cc([N+](=O)[O-])ccc1NCC. The summed E-state index contributed by atoms with van der Waals surface area (Å²) in [5, 5.41) is 16.6. The first kappa shape index (κ1) is 14.9. The monoisotopic (exact) mass is 265 g/mol. The summed E-state index contributed by atoms with van der Waals surface area (Å²) in [6.45, 7) is 5.15.